The summed E-state index contributed by atoms with van der Waals surface area (Å²) in [7, 11) is 0.972. The molecule has 0 aliphatic heterocycles. The molecule has 0 unspecified atom stereocenters. The molecule has 0 saturated heterocycles. The van der Waals surface area contributed by atoms with Gasteiger partial charge >= 0.3 is 0 Å². The Morgan fingerprint density at radius 3 is 1.45 bits per heavy atom. The molecular weight excluding hydrogens is 407 g/mol. The molecular formula is C19H9BF8O. The zero-order chi connectivity index (χ0) is 21.5. The molecule has 29 heavy (non-hydrogen) atoms. The van der Waals surface area contributed by atoms with Gasteiger partial charge in [-0.2, -0.15) is 0 Å². The molecule has 0 bridgehead atoms. The highest BCUT2D eigenvalue weighted by Crippen LogP contribution is 2.18. The Hall–Kier alpha value is -3.04. The molecule has 150 valence electrons. The van der Waals surface area contributed by atoms with Crippen LogP contribution in [-0.2, 0) is 0 Å². The SMILES string of the molecule is COc1cc(F)cc(F)c1B(c1cc(F)cc(F)c1F)c1cc(F)cc(F)c1F. The quantitative estimate of drug-likeness (QED) is 0.361. The van der Waals surface area contributed by atoms with Gasteiger partial charge in [-0.25, -0.2) is 35.1 Å². The molecule has 0 aromatic heterocycles. The number of hydrogen-bond acceptors (Lipinski definition) is 1. The van der Waals surface area contributed by atoms with E-state index in [4.69, 9.17) is 4.74 Å². The minimum absolute atomic E-state index is 0.177. The van der Waals surface area contributed by atoms with E-state index in [-0.39, 0.29) is 12.1 Å². The van der Waals surface area contributed by atoms with Gasteiger partial charge in [0.15, 0.2) is 23.3 Å². The van der Waals surface area contributed by atoms with Gasteiger partial charge in [0.2, 0.25) is 0 Å². The molecule has 0 aliphatic carbocycles. The fourth-order valence-electron chi connectivity index (χ4n) is 3.06. The van der Waals surface area contributed by atoms with Crippen LogP contribution in [0.5, 0.6) is 5.75 Å². The van der Waals surface area contributed by atoms with Crippen molar-refractivity contribution in [3.05, 3.63) is 82.9 Å². The summed E-state index contributed by atoms with van der Waals surface area (Å²) in [6, 6.07) is 2.15. The second-order valence-electron chi connectivity index (χ2n) is 6.02. The summed E-state index contributed by atoms with van der Waals surface area (Å²) < 4.78 is 117. The van der Waals surface area contributed by atoms with Gasteiger partial charge in [0, 0.05) is 29.7 Å². The number of hydrogen-bond donors (Lipinski definition) is 0. The van der Waals surface area contributed by atoms with Crippen LogP contribution in [-0.4, -0.2) is 13.8 Å². The summed E-state index contributed by atoms with van der Waals surface area (Å²) >= 11 is 0. The van der Waals surface area contributed by atoms with Crippen LogP contribution < -0.4 is 21.1 Å². The first-order valence-corrected chi connectivity index (χ1v) is 7.95. The van der Waals surface area contributed by atoms with Crippen molar-refractivity contribution in [3.63, 3.8) is 0 Å². The highest BCUT2D eigenvalue weighted by molar-refractivity contribution is 6.96. The summed E-state index contributed by atoms with van der Waals surface area (Å²) in [5.41, 5.74) is -2.73. The molecule has 0 heterocycles. The Labute approximate surface area is 159 Å². The third-order valence-corrected chi connectivity index (χ3v) is 4.23. The van der Waals surface area contributed by atoms with Gasteiger partial charge in [-0.1, -0.05) is 0 Å². The number of methoxy groups -OCH3 is 1. The van der Waals surface area contributed by atoms with Crippen molar-refractivity contribution in [1.82, 2.24) is 0 Å². The second kappa shape index (κ2) is 7.77. The molecule has 3 aromatic carbocycles. The van der Waals surface area contributed by atoms with Crippen LogP contribution in [0.15, 0.2) is 36.4 Å². The topological polar surface area (TPSA) is 9.23 Å². The maximum absolute atomic E-state index is 14.6. The van der Waals surface area contributed by atoms with Crippen LogP contribution in [0, 0.1) is 46.5 Å². The van der Waals surface area contributed by atoms with Crippen LogP contribution >= 0.6 is 0 Å². The van der Waals surface area contributed by atoms with Crippen LogP contribution in [0.3, 0.4) is 0 Å². The Morgan fingerprint density at radius 1 is 0.586 bits per heavy atom. The number of halogens is 8. The predicted molar refractivity (Wildman–Crippen MR) is 90.2 cm³/mol. The van der Waals surface area contributed by atoms with Crippen LogP contribution in [0.4, 0.5) is 35.1 Å². The lowest BCUT2D eigenvalue weighted by Crippen LogP contribution is -2.56. The Morgan fingerprint density at radius 2 is 1.00 bits per heavy atom. The van der Waals surface area contributed by atoms with Gasteiger partial charge in [-0.3, -0.25) is 0 Å². The minimum Gasteiger partial charge on any atom is -0.497 e. The molecule has 0 aliphatic rings. The summed E-state index contributed by atoms with van der Waals surface area (Å²) in [6.45, 7) is -2.11. The van der Waals surface area contributed by atoms with Gasteiger partial charge in [0.25, 0.3) is 6.71 Å². The Kier molecular flexibility index (Phi) is 5.54. The lowest BCUT2D eigenvalue weighted by atomic mass is 9.36. The summed E-state index contributed by atoms with van der Waals surface area (Å²) in [5.74, 6) is -12.6. The first-order valence-electron chi connectivity index (χ1n) is 7.95. The van der Waals surface area contributed by atoms with E-state index in [1.54, 1.807) is 0 Å². The van der Waals surface area contributed by atoms with Crippen molar-refractivity contribution in [1.29, 1.82) is 0 Å². The fraction of sp³-hybridized carbons (Fsp3) is 0.0526. The summed E-state index contributed by atoms with van der Waals surface area (Å²) in [5, 5.41) is 0. The number of benzene rings is 3. The first-order chi connectivity index (χ1) is 13.6. The largest absolute Gasteiger partial charge is 0.497 e. The molecule has 3 aromatic rings. The normalized spacial score (nSPS) is 10.9. The maximum Gasteiger partial charge on any atom is 0.258 e. The standard InChI is InChI=1S/C19H9BF8O/c1-29-16-7-10(23)4-13(24)17(16)20(11-2-8(21)5-14(25)18(11)27)12-3-9(22)6-15(26)19(12)28/h2-7H,1H3. The molecule has 0 spiro atoms. The molecule has 1 nitrogen and oxygen atoms in total. The molecule has 0 radical (unpaired) electrons. The third-order valence-electron chi connectivity index (χ3n) is 4.23. The van der Waals surface area contributed by atoms with E-state index in [9.17, 15) is 35.1 Å². The van der Waals surface area contributed by atoms with Gasteiger partial charge in [0.1, 0.15) is 29.0 Å². The van der Waals surface area contributed by atoms with E-state index in [2.05, 4.69) is 0 Å². The molecule has 3 rings (SSSR count). The monoisotopic (exact) mass is 416 g/mol. The first kappa shape index (κ1) is 20.7. The fourth-order valence-corrected chi connectivity index (χ4v) is 3.06. The van der Waals surface area contributed by atoms with Crippen LogP contribution in [0.25, 0.3) is 0 Å². The third kappa shape index (κ3) is 3.79. The van der Waals surface area contributed by atoms with E-state index < -0.39 is 75.4 Å². The summed E-state index contributed by atoms with van der Waals surface area (Å²) in [4.78, 5) is 0. The molecule has 0 saturated carbocycles. The van der Waals surface area contributed by atoms with E-state index in [1.165, 1.54) is 0 Å². The van der Waals surface area contributed by atoms with Crippen molar-refractivity contribution >= 4 is 23.1 Å². The predicted octanol–water partition coefficient (Wildman–Crippen LogP) is 3.32. The molecule has 0 fully saturated rings. The Bertz CT molecular complexity index is 1040. The molecule has 10 heteroatoms. The Balaban J connectivity index is 2.46. The van der Waals surface area contributed by atoms with Gasteiger partial charge < -0.3 is 4.74 Å². The van der Waals surface area contributed by atoms with E-state index in [1.807, 2.05) is 0 Å². The van der Waals surface area contributed by atoms with Crippen molar-refractivity contribution in [2.24, 2.45) is 0 Å². The number of ether oxygens (including phenoxy) is 1. The van der Waals surface area contributed by atoms with E-state index in [0.29, 0.717) is 24.3 Å². The van der Waals surface area contributed by atoms with Gasteiger partial charge in [-0.15, -0.1) is 0 Å². The molecule has 0 atom stereocenters. The van der Waals surface area contributed by atoms with Crippen molar-refractivity contribution in [2.45, 2.75) is 0 Å². The molecule has 0 N–H and O–H groups in total. The maximum atomic E-state index is 14.6. The molecule has 0 amide bonds. The van der Waals surface area contributed by atoms with E-state index >= 15 is 0 Å². The van der Waals surface area contributed by atoms with Crippen molar-refractivity contribution < 1.29 is 39.9 Å². The van der Waals surface area contributed by atoms with Gasteiger partial charge in [-0.05, 0) is 23.1 Å². The van der Waals surface area contributed by atoms with E-state index in [0.717, 1.165) is 7.11 Å². The smallest absolute Gasteiger partial charge is 0.258 e. The number of rotatable bonds is 4. The average Bonchev–Trinajstić information content (AvgIpc) is 2.64. The van der Waals surface area contributed by atoms with Crippen molar-refractivity contribution in [3.8, 4) is 5.75 Å². The summed E-state index contributed by atoms with van der Waals surface area (Å²) in [6.07, 6.45) is 0. The highest BCUT2D eigenvalue weighted by atomic mass is 19.2. The second-order valence-corrected chi connectivity index (χ2v) is 6.02. The lowest BCUT2D eigenvalue weighted by Gasteiger charge is -2.20. The lowest BCUT2D eigenvalue weighted by molar-refractivity contribution is 0.411. The minimum atomic E-state index is -2.11. The highest BCUT2D eigenvalue weighted by Gasteiger charge is 2.36. The zero-order valence-corrected chi connectivity index (χ0v) is 14.5. The van der Waals surface area contributed by atoms with Crippen LogP contribution in [0.1, 0.15) is 0 Å². The van der Waals surface area contributed by atoms with Crippen molar-refractivity contribution in [2.75, 3.05) is 7.11 Å². The zero-order valence-electron chi connectivity index (χ0n) is 14.5. The van der Waals surface area contributed by atoms with Gasteiger partial charge in [0.05, 0.1) is 7.11 Å². The average molecular weight is 416 g/mol. The van der Waals surface area contributed by atoms with Crippen LogP contribution in [0.2, 0.25) is 0 Å².